The Balaban J connectivity index is 1.95. The molecule has 0 aromatic heterocycles. The lowest BCUT2D eigenvalue weighted by Gasteiger charge is -2.17. The summed E-state index contributed by atoms with van der Waals surface area (Å²) >= 11 is 3.11. The van der Waals surface area contributed by atoms with Gasteiger partial charge in [0.25, 0.3) is 0 Å². The molecule has 2 aromatic carbocycles. The van der Waals surface area contributed by atoms with Crippen molar-refractivity contribution in [1.82, 2.24) is 0 Å². The molecular weight excluding hydrogens is 360 g/mol. The second-order valence-corrected chi connectivity index (χ2v) is 5.86. The van der Waals surface area contributed by atoms with Crippen molar-refractivity contribution in [3.8, 4) is 11.5 Å². The first-order valence-corrected chi connectivity index (χ1v) is 7.74. The van der Waals surface area contributed by atoms with Crippen LogP contribution < -0.4 is 9.47 Å². The number of allylic oxidation sites excluding steroid dienone is 2. The lowest BCUT2D eigenvalue weighted by Crippen LogP contribution is -2.16. The highest BCUT2D eigenvalue weighted by molar-refractivity contribution is 9.12. The zero-order valence-electron chi connectivity index (χ0n) is 12.3. The highest BCUT2D eigenvalue weighted by Crippen LogP contribution is 2.35. The Morgan fingerprint density at radius 2 is 1.83 bits per heavy atom. The van der Waals surface area contributed by atoms with Gasteiger partial charge in [0, 0.05) is 17.7 Å². The molecule has 0 fully saturated rings. The zero-order chi connectivity index (χ0) is 16.4. The zero-order valence-corrected chi connectivity index (χ0v) is 13.9. The molecule has 0 saturated carbocycles. The van der Waals surface area contributed by atoms with Crippen LogP contribution in [-0.4, -0.2) is 18.7 Å². The van der Waals surface area contributed by atoms with Gasteiger partial charge < -0.3 is 9.47 Å². The topological polar surface area (TPSA) is 52.6 Å². The summed E-state index contributed by atoms with van der Waals surface area (Å²) in [5.41, 5.74) is 1.56. The van der Waals surface area contributed by atoms with E-state index in [-0.39, 0.29) is 21.6 Å². The van der Waals surface area contributed by atoms with Crippen LogP contribution in [0.1, 0.15) is 26.3 Å². The molecule has 5 heteroatoms. The van der Waals surface area contributed by atoms with Crippen LogP contribution in [-0.2, 0) is 6.61 Å². The number of benzene rings is 2. The number of hydrogen-bond donors (Lipinski definition) is 0. The van der Waals surface area contributed by atoms with E-state index in [9.17, 15) is 9.59 Å². The van der Waals surface area contributed by atoms with Gasteiger partial charge in [-0.3, -0.25) is 9.59 Å². The predicted octanol–water partition coefficient (Wildman–Crippen LogP) is 3.93. The third-order valence-electron chi connectivity index (χ3n) is 3.51. The Morgan fingerprint density at radius 1 is 1.09 bits per heavy atom. The molecule has 0 aliphatic heterocycles. The molecule has 0 bridgehead atoms. The third-order valence-corrected chi connectivity index (χ3v) is 4.10. The van der Waals surface area contributed by atoms with Crippen LogP contribution in [0.25, 0.3) is 0 Å². The molecule has 0 heterocycles. The van der Waals surface area contributed by atoms with Crippen molar-refractivity contribution < 1.29 is 19.1 Å². The molecule has 0 saturated heterocycles. The Hall–Kier alpha value is -2.40. The fourth-order valence-corrected chi connectivity index (χ4v) is 2.79. The maximum Gasteiger partial charge on any atom is 0.204 e. The van der Waals surface area contributed by atoms with E-state index in [4.69, 9.17) is 9.47 Å². The molecule has 116 valence electrons. The van der Waals surface area contributed by atoms with Crippen LogP contribution in [0.3, 0.4) is 0 Å². The summed E-state index contributed by atoms with van der Waals surface area (Å²) in [6, 6.07) is 12.9. The van der Waals surface area contributed by atoms with Gasteiger partial charge in [-0.15, -0.1) is 0 Å². The Kier molecular flexibility index (Phi) is 4.30. The van der Waals surface area contributed by atoms with E-state index >= 15 is 0 Å². The van der Waals surface area contributed by atoms with Crippen molar-refractivity contribution in [2.24, 2.45) is 0 Å². The smallest absolute Gasteiger partial charge is 0.204 e. The van der Waals surface area contributed by atoms with E-state index in [1.807, 2.05) is 30.3 Å². The van der Waals surface area contributed by atoms with Crippen molar-refractivity contribution in [2.75, 3.05) is 7.11 Å². The molecule has 0 spiro atoms. The molecule has 0 radical (unpaired) electrons. The van der Waals surface area contributed by atoms with Gasteiger partial charge in [-0.25, -0.2) is 0 Å². The lowest BCUT2D eigenvalue weighted by atomic mass is 9.93. The van der Waals surface area contributed by atoms with Crippen molar-refractivity contribution in [3.63, 3.8) is 0 Å². The Morgan fingerprint density at radius 3 is 2.52 bits per heavy atom. The third kappa shape index (κ3) is 3.05. The molecule has 0 N–H and O–H groups in total. The highest BCUT2D eigenvalue weighted by Gasteiger charge is 2.28. The monoisotopic (exact) mass is 372 g/mol. The van der Waals surface area contributed by atoms with E-state index in [1.54, 1.807) is 12.1 Å². The van der Waals surface area contributed by atoms with Gasteiger partial charge in [-0.2, -0.15) is 0 Å². The largest absolute Gasteiger partial charge is 0.496 e. The number of carbonyl (C=O) groups excluding carboxylic acids is 2. The number of rotatable bonds is 4. The van der Waals surface area contributed by atoms with Crippen LogP contribution in [0.5, 0.6) is 11.5 Å². The molecule has 0 amide bonds. The first kappa shape index (κ1) is 15.5. The second-order valence-electron chi connectivity index (χ2n) is 5.01. The van der Waals surface area contributed by atoms with E-state index in [0.29, 0.717) is 23.7 Å². The minimum absolute atomic E-state index is 0.228. The molecule has 3 rings (SSSR count). The molecule has 1 aliphatic rings. The first-order valence-electron chi connectivity index (χ1n) is 6.95. The summed E-state index contributed by atoms with van der Waals surface area (Å²) in [6.45, 7) is 0.366. The molecule has 4 nitrogen and oxygen atoms in total. The molecular formula is C18H13BrO4. The second kappa shape index (κ2) is 6.38. The summed E-state index contributed by atoms with van der Waals surface area (Å²) in [6.07, 6.45) is 1.27. The fraction of sp³-hybridized carbons (Fsp3) is 0.111. The van der Waals surface area contributed by atoms with Crippen molar-refractivity contribution >= 4 is 27.5 Å². The number of halogens is 1. The van der Waals surface area contributed by atoms with Crippen LogP contribution >= 0.6 is 15.9 Å². The van der Waals surface area contributed by atoms with Gasteiger partial charge in [0.1, 0.15) is 18.1 Å². The van der Waals surface area contributed by atoms with Crippen LogP contribution in [0.15, 0.2) is 53.0 Å². The molecule has 0 unspecified atom stereocenters. The average Bonchev–Trinajstić information content (AvgIpc) is 2.58. The summed E-state index contributed by atoms with van der Waals surface area (Å²) in [5.74, 6) is 0.284. The number of carbonyl (C=O) groups is 2. The van der Waals surface area contributed by atoms with Gasteiger partial charge in [-0.05, 0) is 27.6 Å². The minimum Gasteiger partial charge on any atom is -0.496 e. The number of ether oxygens (including phenoxy) is 2. The summed E-state index contributed by atoms with van der Waals surface area (Å²) in [5, 5.41) is 0. The van der Waals surface area contributed by atoms with Crippen LogP contribution in [0, 0.1) is 0 Å². The predicted molar refractivity (Wildman–Crippen MR) is 89.4 cm³/mol. The van der Waals surface area contributed by atoms with E-state index in [2.05, 4.69) is 15.9 Å². The van der Waals surface area contributed by atoms with Crippen LogP contribution in [0.2, 0.25) is 0 Å². The van der Waals surface area contributed by atoms with Gasteiger partial charge in [0.15, 0.2) is 5.78 Å². The summed E-state index contributed by atoms with van der Waals surface area (Å²) < 4.78 is 11.2. The van der Waals surface area contributed by atoms with Crippen LogP contribution in [0.4, 0.5) is 0 Å². The SMILES string of the molecule is COc1cc(OCc2ccccc2)cc2c1C(=O)C(Br)=CC2=O. The number of fused-ring (bicyclic) bond motifs is 1. The summed E-state index contributed by atoms with van der Waals surface area (Å²) in [4.78, 5) is 24.4. The van der Waals surface area contributed by atoms with Gasteiger partial charge in [0.05, 0.1) is 17.2 Å². The number of Topliss-reactive ketones (excluding diaryl/α,β-unsaturated/α-hetero) is 1. The van der Waals surface area contributed by atoms with Crippen molar-refractivity contribution in [2.45, 2.75) is 6.61 Å². The summed E-state index contributed by atoms with van der Waals surface area (Å²) in [7, 11) is 1.46. The quantitative estimate of drug-likeness (QED) is 0.815. The van der Waals surface area contributed by atoms with E-state index in [1.165, 1.54) is 13.2 Å². The maximum absolute atomic E-state index is 12.2. The van der Waals surface area contributed by atoms with Gasteiger partial charge in [0.2, 0.25) is 5.78 Å². The van der Waals surface area contributed by atoms with Crippen molar-refractivity contribution in [1.29, 1.82) is 0 Å². The fourth-order valence-electron chi connectivity index (χ4n) is 2.38. The van der Waals surface area contributed by atoms with Crippen molar-refractivity contribution in [3.05, 3.63) is 69.7 Å². The Labute approximate surface area is 141 Å². The molecule has 23 heavy (non-hydrogen) atoms. The average molecular weight is 373 g/mol. The minimum atomic E-state index is -0.272. The molecule has 1 aliphatic carbocycles. The maximum atomic E-state index is 12.2. The Bertz CT molecular complexity index is 809. The number of hydrogen-bond acceptors (Lipinski definition) is 4. The number of ketones is 2. The number of methoxy groups -OCH3 is 1. The molecule has 0 atom stereocenters. The van der Waals surface area contributed by atoms with Gasteiger partial charge in [-0.1, -0.05) is 30.3 Å². The van der Waals surface area contributed by atoms with Gasteiger partial charge >= 0.3 is 0 Å². The molecule has 2 aromatic rings. The normalized spacial score (nSPS) is 13.4. The standard InChI is InChI=1S/C18H13BrO4/c1-22-16-8-12(23-10-11-5-3-2-4-6-11)7-13-15(20)9-14(19)18(21)17(13)16/h2-9H,10H2,1H3. The van der Waals surface area contributed by atoms with E-state index in [0.717, 1.165) is 5.56 Å². The first-order chi connectivity index (χ1) is 11.1. The lowest BCUT2D eigenvalue weighted by molar-refractivity contribution is 0.0988. The van der Waals surface area contributed by atoms with E-state index < -0.39 is 0 Å². The highest BCUT2D eigenvalue weighted by atomic mass is 79.9.